The highest BCUT2D eigenvalue weighted by Gasteiger charge is 2.26. The van der Waals surface area contributed by atoms with Crippen LogP contribution in [0.5, 0.6) is 0 Å². The number of nitrogens with one attached hydrogen (secondary N) is 2. The fourth-order valence-corrected chi connectivity index (χ4v) is 1.47. The van der Waals surface area contributed by atoms with Crippen LogP contribution in [0.1, 0.15) is 13.8 Å². The summed E-state index contributed by atoms with van der Waals surface area (Å²) < 4.78 is 5.53. The van der Waals surface area contributed by atoms with E-state index in [0.717, 1.165) is 13.2 Å². The fourth-order valence-electron chi connectivity index (χ4n) is 1.47. The molecule has 0 saturated carbocycles. The van der Waals surface area contributed by atoms with Gasteiger partial charge in [-0.25, -0.2) is 0 Å². The zero-order valence-electron chi connectivity index (χ0n) is 7.55. The predicted molar refractivity (Wildman–Crippen MR) is 45.4 cm³/mol. The lowest BCUT2D eigenvalue weighted by molar-refractivity contribution is -0.0321. The van der Waals surface area contributed by atoms with E-state index in [-0.39, 0.29) is 6.23 Å². The summed E-state index contributed by atoms with van der Waals surface area (Å²) >= 11 is 0. The van der Waals surface area contributed by atoms with Gasteiger partial charge in [0.05, 0.1) is 6.61 Å². The van der Waals surface area contributed by atoms with Gasteiger partial charge in [0.2, 0.25) is 0 Å². The number of morpholine rings is 1. The molecule has 3 nitrogen and oxygen atoms in total. The minimum Gasteiger partial charge on any atom is -0.360 e. The van der Waals surface area contributed by atoms with Crippen LogP contribution in [0.2, 0.25) is 0 Å². The van der Waals surface area contributed by atoms with Crippen molar-refractivity contribution in [3.8, 4) is 0 Å². The maximum absolute atomic E-state index is 5.53. The Labute approximate surface area is 68.5 Å². The van der Waals surface area contributed by atoms with Crippen LogP contribution in [-0.4, -0.2) is 32.5 Å². The van der Waals surface area contributed by atoms with Gasteiger partial charge in [0, 0.05) is 12.6 Å². The molecule has 1 fully saturated rings. The molecule has 1 aliphatic heterocycles. The first-order valence-electron chi connectivity index (χ1n) is 4.28. The number of hydrogen-bond donors (Lipinski definition) is 2. The van der Waals surface area contributed by atoms with Crippen molar-refractivity contribution in [3.63, 3.8) is 0 Å². The lowest BCUT2D eigenvalue weighted by Crippen LogP contribution is -2.56. The highest BCUT2D eigenvalue weighted by atomic mass is 16.5. The number of rotatable bonds is 2. The molecule has 0 amide bonds. The molecule has 1 heterocycles. The largest absolute Gasteiger partial charge is 0.360 e. The fraction of sp³-hybridized carbons (Fsp3) is 1.00. The van der Waals surface area contributed by atoms with Gasteiger partial charge in [-0.3, -0.25) is 5.32 Å². The number of ether oxygens (including phenoxy) is 1. The van der Waals surface area contributed by atoms with Gasteiger partial charge in [0.25, 0.3) is 0 Å². The molecule has 1 aliphatic rings. The molecular weight excluding hydrogens is 140 g/mol. The van der Waals surface area contributed by atoms with Gasteiger partial charge < -0.3 is 10.1 Å². The van der Waals surface area contributed by atoms with Crippen molar-refractivity contribution in [2.75, 3.05) is 20.2 Å². The highest BCUT2D eigenvalue weighted by Crippen LogP contribution is 2.10. The molecule has 0 aromatic heterocycles. The van der Waals surface area contributed by atoms with E-state index in [0.29, 0.717) is 12.0 Å². The van der Waals surface area contributed by atoms with E-state index in [4.69, 9.17) is 4.74 Å². The average Bonchev–Trinajstić information content (AvgIpc) is 2.04. The third-order valence-electron chi connectivity index (χ3n) is 2.11. The summed E-state index contributed by atoms with van der Waals surface area (Å²) in [7, 11) is 1.94. The van der Waals surface area contributed by atoms with Crippen LogP contribution >= 0.6 is 0 Å². The number of hydrogen-bond acceptors (Lipinski definition) is 3. The molecule has 0 radical (unpaired) electrons. The molecule has 0 bridgehead atoms. The van der Waals surface area contributed by atoms with Crippen molar-refractivity contribution in [2.24, 2.45) is 5.92 Å². The molecule has 3 heteroatoms. The monoisotopic (exact) mass is 158 g/mol. The summed E-state index contributed by atoms with van der Waals surface area (Å²) in [6.45, 7) is 6.20. The van der Waals surface area contributed by atoms with Crippen molar-refractivity contribution < 1.29 is 4.74 Å². The Morgan fingerprint density at radius 3 is 2.73 bits per heavy atom. The van der Waals surface area contributed by atoms with Crippen LogP contribution in [0.3, 0.4) is 0 Å². The average molecular weight is 158 g/mol. The molecule has 2 unspecified atom stereocenters. The summed E-state index contributed by atoms with van der Waals surface area (Å²) in [5.74, 6) is 0.618. The maximum atomic E-state index is 5.53. The molecule has 2 N–H and O–H groups in total. The Kier molecular flexibility index (Phi) is 3.30. The van der Waals surface area contributed by atoms with Crippen LogP contribution in [0, 0.1) is 5.92 Å². The summed E-state index contributed by atoms with van der Waals surface area (Å²) in [5.41, 5.74) is 0. The zero-order chi connectivity index (χ0) is 8.27. The Bertz CT molecular complexity index is 117. The normalized spacial score (nSPS) is 32.7. The molecular formula is C8H18N2O. The summed E-state index contributed by atoms with van der Waals surface area (Å²) in [5, 5.41) is 6.58. The third kappa shape index (κ3) is 2.15. The van der Waals surface area contributed by atoms with Crippen molar-refractivity contribution in [2.45, 2.75) is 26.1 Å². The molecule has 1 saturated heterocycles. The molecule has 11 heavy (non-hydrogen) atoms. The molecule has 1 rings (SSSR count). The Morgan fingerprint density at radius 2 is 2.27 bits per heavy atom. The highest BCUT2D eigenvalue weighted by molar-refractivity contribution is 4.80. The van der Waals surface area contributed by atoms with E-state index in [1.54, 1.807) is 0 Å². The van der Waals surface area contributed by atoms with Crippen LogP contribution in [0.15, 0.2) is 0 Å². The zero-order valence-corrected chi connectivity index (χ0v) is 7.55. The first-order valence-corrected chi connectivity index (χ1v) is 4.28. The lowest BCUT2D eigenvalue weighted by Gasteiger charge is -2.34. The van der Waals surface area contributed by atoms with Gasteiger partial charge in [-0.15, -0.1) is 0 Å². The van der Waals surface area contributed by atoms with E-state index in [1.165, 1.54) is 0 Å². The van der Waals surface area contributed by atoms with Crippen molar-refractivity contribution in [1.82, 2.24) is 10.6 Å². The molecule has 2 atom stereocenters. The first kappa shape index (κ1) is 8.97. The Balaban J connectivity index is 2.44. The molecule has 0 aromatic rings. The van der Waals surface area contributed by atoms with E-state index in [1.807, 2.05) is 7.05 Å². The summed E-state index contributed by atoms with van der Waals surface area (Å²) in [6, 6.07) is 0.453. The topological polar surface area (TPSA) is 33.3 Å². The number of likely N-dealkylation sites (N-methyl/N-ethyl adjacent to an activating group) is 1. The standard InChI is InChI=1S/C8H18N2O/c1-6(2)7-8(9-3)11-5-4-10-7/h6-10H,4-5H2,1-3H3. The second kappa shape index (κ2) is 4.04. The third-order valence-corrected chi connectivity index (χ3v) is 2.11. The quantitative estimate of drug-likeness (QED) is 0.601. The van der Waals surface area contributed by atoms with Crippen LogP contribution in [0.4, 0.5) is 0 Å². The van der Waals surface area contributed by atoms with Crippen molar-refractivity contribution in [3.05, 3.63) is 0 Å². The second-order valence-corrected chi connectivity index (χ2v) is 3.30. The Hall–Kier alpha value is -0.120. The van der Waals surface area contributed by atoms with Crippen molar-refractivity contribution in [1.29, 1.82) is 0 Å². The molecule has 0 aliphatic carbocycles. The van der Waals surface area contributed by atoms with E-state index < -0.39 is 0 Å². The van der Waals surface area contributed by atoms with Gasteiger partial charge in [0.15, 0.2) is 0 Å². The van der Waals surface area contributed by atoms with E-state index in [9.17, 15) is 0 Å². The molecule has 0 spiro atoms. The van der Waals surface area contributed by atoms with Gasteiger partial charge in [-0.2, -0.15) is 0 Å². The van der Waals surface area contributed by atoms with Crippen LogP contribution < -0.4 is 10.6 Å². The van der Waals surface area contributed by atoms with E-state index >= 15 is 0 Å². The Morgan fingerprint density at radius 1 is 1.55 bits per heavy atom. The lowest BCUT2D eigenvalue weighted by atomic mass is 10.0. The van der Waals surface area contributed by atoms with Gasteiger partial charge >= 0.3 is 0 Å². The van der Waals surface area contributed by atoms with E-state index in [2.05, 4.69) is 24.5 Å². The molecule has 0 aromatic carbocycles. The maximum Gasteiger partial charge on any atom is 0.123 e. The first-order chi connectivity index (χ1) is 5.25. The summed E-state index contributed by atoms with van der Waals surface area (Å²) in [6.07, 6.45) is 0.184. The SMILES string of the molecule is CNC1OCCNC1C(C)C. The van der Waals surface area contributed by atoms with Crippen LogP contribution in [0.25, 0.3) is 0 Å². The smallest absolute Gasteiger partial charge is 0.123 e. The van der Waals surface area contributed by atoms with Gasteiger partial charge in [-0.05, 0) is 13.0 Å². The van der Waals surface area contributed by atoms with Gasteiger partial charge in [-0.1, -0.05) is 13.8 Å². The van der Waals surface area contributed by atoms with Gasteiger partial charge in [0.1, 0.15) is 6.23 Å². The minimum absolute atomic E-state index is 0.184. The van der Waals surface area contributed by atoms with Crippen LogP contribution in [-0.2, 0) is 4.74 Å². The predicted octanol–water partition coefficient (Wildman–Crippen LogP) is 0.176. The van der Waals surface area contributed by atoms with Crippen molar-refractivity contribution >= 4 is 0 Å². The molecule has 66 valence electrons. The minimum atomic E-state index is 0.184. The second-order valence-electron chi connectivity index (χ2n) is 3.30. The summed E-state index contributed by atoms with van der Waals surface area (Å²) in [4.78, 5) is 0.